The number of carbonyl (C=O) groups is 1. The third-order valence-corrected chi connectivity index (χ3v) is 8.70. The zero-order chi connectivity index (χ0) is 26.0. The van der Waals surface area contributed by atoms with E-state index in [9.17, 15) is 25.2 Å². The van der Waals surface area contributed by atoms with E-state index < -0.39 is 43.5 Å². The van der Waals surface area contributed by atoms with Gasteiger partial charge < -0.3 is 34.9 Å². The number of piperidine rings is 3. The number of hydrogen-bond acceptors (Lipinski definition) is 8. The molecule has 2 aromatic rings. The fourth-order valence-electron chi connectivity index (χ4n) is 7.03. The van der Waals surface area contributed by atoms with E-state index in [0.29, 0.717) is 0 Å². The predicted octanol–water partition coefficient (Wildman–Crippen LogP) is 1.32. The number of ketones is 1. The van der Waals surface area contributed by atoms with Crippen LogP contribution in [0.4, 0.5) is 0 Å². The highest BCUT2D eigenvalue weighted by Crippen LogP contribution is 2.57. The number of para-hydroxylation sites is 1. The Bertz CT molecular complexity index is 1250. The molecule has 5 aliphatic rings. The molecule has 11 atom stereocenters. The third kappa shape index (κ3) is 3.84. The maximum Gasteiger partial charge on any atom is 0.188 e. The number of aliphatic hydroxyl groups is 4. The van der Waals surface area contributed by atoms with Gasteiger partial charge >= 0.3 is 0 Å². The van der Waals surface area contributed by atoms with E-state index in [1.807, 2.05) is 31.2 Å². The van der Waals surface area contributed by atoms with Crippen LogP contribution in [0.15, 0.2) is 48.1 Å². The Hall–Kier alpha value is -2.37. The summed E-state index contributed by atoms with van der Waals surface area (Å²) in [7, 11) is 0. The van der Waals surface area contributed by atoms with Gasteiger partial charge in [-0.25, -0.2) is 0 Å². The number of rotatable bonds is 5. The minimum absolute atomic E-state index is 0.00716. The number of carbonyl (C=O) groups excluding carboxylic acids is 1. The molecule has 5 N–H and O–H groups in total. The topological polar surface area (TPSA) is 135 Å². The first-order valence-electron chi connectivity index (χ1n) is 13.0. The van der Waals surface area contributed by atoms with E-state index >= 15 is 0 Å². The number of H-pyrrole nitrogens is 1. The van der Waals surface area contributed by atoms with Gasteiger partial charge in [-0.05, 0) is 61.8 Å². The molecule has 9 nitrogen and oxygen atoms in total. The van der Waals surface area contributed by atoms with Crippen molar-refractivity contribution >= 4 is 16.7 Å². The maximum atomic E-state index is 11.9. The second-order valence-electron chi connectivity index (χ2n) is 10.7. The van der Waals surface area contributed by atoms with Crippen molar-refractivity contribution in [2.75, 3.05) is 6.61 Å². The Kier molecular flexibility index (Phi) is 6.35. The zero-order valence-electron chi connectivity index (χ0n) is 20.9. The second-order valence-corrected chi connectivity index (χ2v) is 10.7. The maximum absolute atomic E-state index is 11.9. The van der Waals surface area contributed by atoms with Crippen LogP contribution in [-0.4, -0.2) is 85.7 Å². The van der Waals surface area contributed by atoms with Crippen molar-refractivity contribution in [3.63, 3.8) is 0 Å². The summed E-state index contributed by atoms with van der Waals surface area (Å²) in [5, 5.41) is 42.1. The molecule has 4 saturated heterocycles. The number of aromatic amines is 1. The smallest absolute Gasteiger partial charge is 0.188 e. The Morgan fingerprint density at radius 2 is 2.00 bits per heavy atom. The number of nitrogens with one attached hydrogen (secondary N) is 1. The number of fused-ring (bicyclic) bond motifs is 4. The number of ether oxygens (including phenoxy) is 2. The molecule has 11 unspecified atom stereocenters. The monoisotopic (exact) mass is 510 g/mol. The molecule has 9 heteroatoms. The first-order chi connectivity index (χ1) is 17.8. The minimum atomic E-state index is -1.51. The standard InChI is InChI=1S/C28H34N2O7/c1-3-14-17-10-21-23-18(15-6-4-5-7-19(15)29-23)11-20(16(17)9-8-13(2)32)30(21)27(14)37-28-26(35)25(34)24(33)22(12-31)36-28/h3-9,16-17,20-22,24-29,31,33-35H,10-12H2,1-2H3. The van der Waals surface area contributed by atoms with Crippen molar-refractivity contribution in [2.24, 2.45) is 11.8 Å². The van der Waals surface area contributed by atoms with Crippen LogP contribution in [0.25, 0.3) is 10.9 Å². The summed E-state index contributed by atoms with van der Waals surface area (Å²) in [6.45, 7) is 3.00. The van der Waals surface area contributed by atoms with Crippen LogP contribution in [-0.2, 0) is 20.7 Å². The average molecular weight is 511 g/mol. The van der Waals surface area contributed by atoms with Crippen LogP contribution >= 0.6 is 0 Å². The van der Waals surface area contributed by atoms with Gasteiger partial charge in [-0.3, -0.25) is 9.69 Å². The Morgan fingerprint density at radius 3 is 2.73 bits per heavy atom. The minimum Gasteiger partial charge on any atom is -0.394 e. The number of allylic oxidation sites excluding steroid dienone is 2. The van der Waals surface area contributed by atoms with Gasteiger partial charge in [0.2, 0.25) is 0 Å². The molecule has 0 radical (unpaired) electrons. The van der Waals surface area contributed by atoms with E-state index in [2.05, 4.69) is 22.0 Å². The van der Waals surface area contributed by atoms with Crippen molar-refractivity contribution in [1.29, 1.82) is 0 Å². The molecule has 7 rings (SSSR count). The molecule has 198 valence electrons. The number of aliphatic hydroxyl groups excluding tert-OH is 4. The normalized spacial score (nSPS) is 42.0. The lowest BCUT2D eigenvalue weighted by atomic mass is 9.63. The fourth-order valence-corrected chi connectivity index (χ4v) is 7.03. The SMILES string of the molecule is CC=C1C2CC3c4[nH]c5ccccc5c4CC(C2C=CC(C)=O)N3C1OC1OC(CO)C(O)C(O)C1O. The molecule has 0 amide bonds. The van der Waals surface area contributed by atoms with Gasteiger partial charge in [0.15, 0.2) is 12.1 Å². The fraction of sp³-hybridized carbons (Fsp3) is 0.536. The molecule has 4 bridgehead atoms. The lowest BCUT2D eigenvalue weighted by Gasteiger charge is -2.61. The molecular weight excluding hydrogens is 476 g/mol. The largest absolute Gasteiger partial charge is 0.394 e. The van der Waals surface area contributed by atoms with E-state index in [0.717, 1.165) is 29.6 Å². The van der Waals surface area contributed by atoms with Gasteiger partial charge in [-0.15, -0.1) is 0 Å². The summed E-state index contributed by atoms with van der Waals surface area (Å²) in [6.07, 6.45) is 0.0923. The van der Waals surface area contributed by atoms with Crippen molar-refractivity contribution in [1.82, 2.24) is 9.88 Å². The van der Waals surface area contributed by atoms with Gasteiger partial charge in [0.1, 0.15) is 30.6 Å². The summed E-state index contributed by atoms with van der Waals surface area (Å²) in [5.41, 5.74) is 4.57. The number of hydrogen-bond donors (Lipinski definition) is 5. The molecule has 1 aromatic heterocycles. The lowest BCUT2D eigenvalue weighted by Crippen LogP contribution is -2.67. The van der Waals surface area contributed by atoms with Crippen LogP contribution in [0, 0.1) is 11.8 Å². The van der Waals surface area contributed by atoms with Crippen molar-refractivity contribution in [2.45, 2.75) is 75.7 Å². The van der Waals surface area contributed by atoms with Crippen LogP contribution < -0.4 is 0 Å². The molecule has 4 fully saturated rings. The highest BCUT2D eigenvalue weighted by atomic mass is 16.7. The molecule has 37 heavy (non-hydrogen) atoms. The zero-order valence-corrected chi connectivity index (χ0v) is 20.9. The highest BCUT2D eigenvalue weighted by Gasteiger charge is 2.58. The summed E-state index contributed by atoms with van der Waals surface area (Å²) >= 11 is 0. The third-order valence-electron chi connectivity index (χ3n) is 8.70. The van der Waals surface area contributed by atoms with Crippen molar-refractivity contribution in [3.05, 3.63) is 59.3 Å². The number of nitrogens with zero attached hydrogens (tertiary/aromatic N) is 1. The average Bonchev–Trinajstić information content (AvgIpc) is 3.27. The van der Waals surface area contributed by atoms with Crippen LogP contribution in [0.3, 0.4) is 0 Å². The summed E-state index contributed by atoms with van der Waals surface area (Å²) < 4.78 is 12.2. The second kappa shape index (κ2) is 9.43. The molecule has 1 aromatic carbocycles. The van der Waals surface area contributed by atoms with Crippen molar-refractivity contribution < 1.29 is 34.7 Å². The van der Waals surface area contributed by atoms with E-state index in [1.54, 1.807) is 13.0 Å². The van der Waals surface area contributed by atoms with Crippen LogP contribution in [0.2, 0.25) is 0 Å². The van der Waals surface area contributed by atoms with Gasteiger partial charge in [0, 0.05) is 22.6 Å². The van der Waals surface area contributed by atoms with Crippen molar-refractivity contribution in [3.8, 4) is 0 Å². The molecule has 0 saturated carbocycles. The summed E-state index contributed by atoms with van der Waals surface area (Å²) in [5.74, 6) is 0.214. The van der Waals surface area contributed by atoms with Gasteiger partial charge in [0.25, 0.3) is 0 Å². The molecule has 0 aliphatic carbocycles. The van der Waals surface area contributed by atoms with E-state index in [1.165, 1.54) is 10.9 Å². The van der Waals surface area contributed by atoms with Crippen LogP contribution in [0.5, 0.6) is 0 Å². The van der Waals surface area contributed by atoms with E-state index in [4.69, 9.17) is 9.47 Å². The summed E-state index contributed by atoms with van der Waals surface area (Å²) in [6, 6.07) is 8.36. The Balaban J connectivity index is 1.41. The number of benzene rings is 1. The first kappa shape index (κ1) is 24.9. The van der Waals surface area contributed by atoms with Gasteiger partial charge in [-0.1, -0.05) is 30.4 Å². The quantitative estimate of drug-likeness (QED) is 0.300. The highest BCUT2D eigenvalue weighted by molar-refractivity contribution is 5.87. The van der Waals surface area contributed by atoms with Gasteiger partial charge in [0.05, 0.1) is 12.6 Å². The molecule has 6 heterocycles. The molecular formula is C28H34N2O7. The Labute approximate surface area is 215 Å². The molecule has 0 spiro atoms. The predicted molar refractivity (Wildman–Crippen MR) is 134 cm³/mol. The van der Waals surface area contributed by atoms with E-state index in [-0.39, 0.29) is 29.7 Å². The summed E-state index contributed by atoms with van der Waals surface area (Å²) in [4.78, 5) is 17.8. The Morgan fingerprint density at radius 1 is 1.22 bits per heavy atom. The number of aromatic nitrogens is 1. The van der Waals surface area contributed by atoms with Crippen LogP contribution in [0.1, 0.15) is 37.6 Å². The lowest BCUT2D eigenvalue weighted by molar-refractivity contribution is -0.330. The molecule has 5 aliphatic heterocycles. The first-order valence-corrected chi connectivity index (χ1v) is 13.0. The van der Waals surface area contributed by atoms with Gasteiger partial charge in [-0.2, -0.15) is 0 Å².